The Morgan fingerprint density at radius 1 is 0.885 bits per heavy atom. The van der Waals surface area contributed by atoms with Crippen LogP contribution in [0.2, 0.25) is 0 Å². The largest absolute Gasteiger partial charge is 1.00 e. The summed E-state index contributed by atoms with van der Waals surface area (Å²) in [5.74, 6) is 0.227. The van der Waals surface area contributed by atoms with Crippen molar-refractivity contribution in [3.63, 3.8) is 0 Å². The number of carbonyl (C=O) groups is 1. The number of rotatable bonds is 18. The van der Waals surface area contributed by atoms with Crippen molar-refractivity contribution >= 4 is 5.91 Å². The second-order valence-corrected chi connectivity index (χ2v) is 8.12. The molecule has 0 rings (SSSR count). The fourth-order valence-electron chi connectivity index (χ4n) is 3.21. The molecule has 0 saturated carbocycles. The highest BCUT2D eigenvalue weighted by atomic mass is 35.5. The zero-order chi connectivity index (χ0) is 18.8. The van der Waals surface area contributed by atoms with Crippen molar-refractivity contribution in [3.05, 3.63) is 12.7 Å². The van der Waals surface area contributed by atoms with Crippen molar-refractivity contribution in [2.45, 2.75) is 90.4 Å². The summed E-state index contributed by atoms with van der Waals surface area (Å²) in [7, 11) is 4.41. The predicted molar refractivity (Wildman–Crippen MR) is 111 cm³/mol. The molecule has 1 amide bonds. The van der Waals surface area contributed by atoms with Gasteiger partial charge < -0.3 is 22.2 Å². The highest BCUT2D eigenvalue weighted by molar-refractivity contribution is 5.75. The van der Waals surface area contributed by atoms with Crippen LogP contribution in [0.15, 0.2) is 12.7 Å². The molecule has 0 bridgehead atoms. The van der Waals surface area contributed by atoms with Crippen LogP contribution in [0.1, 0.15) is 90.4 Å². The van der Waals surface area contributed by atoms with Crippen LogP contribution in [0.5, 0.6) is 0 Å². The molecule has 0 radical (unpaired) electrons. The fraction of sp³-hybridized carbons (Fsp3) is 0.864. The number of hydrogen-bond acceptors (Lipinski definition) is 1. The summed E-state index contributed by atoms with van der Waals surface area (Å²) < 4.78 is 0.942. The van der Waals surface area contributed by atoms with Gasteiger partial charge in [-0.05, 0) is 12.5 Å². The Morgan fingerprint density at radius 2 is 1.38 bits per heavy atom. The van der Waals surface area contributed by atoms with Crippen LogP contribution in [0.4, 0.5) is 0 Å². The van der Waals surface area contributed by atoms with Gasteiger partial charge in [0.25, 0.3) is 0 Å². The van der Waals surface area contributed by atoms with E-state index in [0.29, 0.717) is 6.42 Å². The average molecular weight is 389 g/mol. The summed E-state index contributed by atoms with van der Waals surface area (Å²) in [6, 6.07) is 0. The molecule has 0 heterocycles. The summed E-state index contributed by atoms with van der Waals surface area (Å²) >= 11 is 0. The van der Waals surface area contributed by atoms with Crippen LogP contribution < -0.4 is 17.7 Å². The van der Waals surface area contributed by atoms with E-state index in [4.69, 9.17) is 0 Å². The van der Waals surface area contributed by atoms with E-state index in [-0.39, 0.29) is 18.3 Å². The van der Waals surface area contributed by atoms with Gasteiger partial charge in [-0.15, -0.1) is 0 Å². The lowest BCUT2D eigenvalue weighted by Crippen LogP contribution is -3.00. The van der Waals surface area contributed by atoms with Gasteiger partial charge in [0.05, 0.1) is 27.2 Å². The predicted octanol–water partition coefficient (Wildman–Crippen LogP) is 2.46. The van der Waals surface area contributed by atoms with Crippen molar-refractivity contribution in [2.24, 2.45) is 0 Å². The molecular weight excluding hydrogens is 344 g/mol. The highest BCUT2D eigenvalue weighted by Gasteiger charge is 2.11. The average Bonchev–Trinajstić information content (AvgIpc) is 2.56. The molecule has 0 unspecified atom stereocenters. The molecular formula is C22H45ClN2O. The maximum Gasteiger partial charge on any atom is 0.219 e. The van der Waals surface area contributed by atoms with E-state index in [1.807, 2.05) is 6.08 Å². The lowest BCUT2D eigenvalue weighted by atomic mass is 10.1. The normalized spacial score (nSPS) is 11.0. The van der Waals surface area contributed by atoms with Crippen LogP contribution in [0, 0.1) is 0 Å². The molecule has 0 aliphatic rings. The molecule has 1 N–H and O–H groups in total. The first-order valence-electron chi connectivity index (χ1n) is 10.7. The molecule has 0 aromatic carbocycles. The van der Waals surface area contributed by atoms with Gasteiger partial charge in [0.15, 0.2) is 0 Å². The van der Waals surface area contributed by atoms with Gasteiger partial charge in [0, 0.05) is 19.4 Å². The molecule has 3 nitrogen and oxygen atoms in total. The Balaban J connectivity index is 0. The molecule has 0 fully saturated rings. The highest BCUT2D eigenvalue weighted by Crippen LogP contribution is 2.11. The second kappa shape index (κ2) is 19.2. The van der Waals surface area contributed by atoms with Crippen molar-refractivity contribution < 1.29 is 21.7 Å². The van der Waals surface area contributed by atoms with Crippen molar-refractivity contribution in [1.29, 1.82) is 0 Å². The Hall–Kier alpha value is -0.540. The molecule has 4 heteroatoms. The lowest BCUT2D eigenvalue weighted by Gasteiger charge is -2.28. The molecule has 0 spiro atoms. The Bertz CT molecular complexity index is 332. The van der Waals surface area contributed by atoms with Crippen LogP contribution in [0.25, 0.3) is 0 Å². The number of quaternary nitrogens is 1. The van der Waals surface area contributed by atoms with Gasteiger partial charge in [-0.3, -0.25) is 4.79 Å². The molecule has 0 aromatic heterocycles. The zero-order valence-electron chi connectivity index (χ0n) is 17.8. The topological polar surface area (TPSA) is 29.1 Å². The van der Waals surface area contributed by atoms with Gasteiger partial charge in [-0.1, -0.05) is 77.7 Å². The third-order valence-corrected chi connectivity index (χ3v) is 4.89. The number of hydrogen-bond donors (Lipinski definition) is 1. The summed E-state index contributed by atoms with van der Waals surface area (Å²) in [6.07, 6.45) is 18.3. The molecule has 0 aromatic rings. The number of halogens is 1. The number of amides is 1. The molecule has 26 heavy (non-hydrogen) atoms. The monoisotopic (exact) mass is 388 g/mol. The van der Waals surface area contributed by atoms with Crippen LogP contribution in [0.3, 0.4) is 0 Å². The quantitative estimate of drug-likeness (QED) is 0.218. The Morgan fingerprint density at radius 3 is 1.88 bits per heavy atom. The minimum atomic E-state index is 0. The minimum Gasteiger partial charge on any atom is -1.00 e. The summed E-state index contributed by atoms with van der Waals surface area (Å²) in [6.45, 7) is 8.92. The van der Waals surface area contributed by atoms with Crippen LogP contribution in [-0.2, 0) is 4.79 Å². The summed E-state index contributed by atoms with van der Waals surface area (Å²) in [5.41, 5.74) is 0. The molecule has 0 aliphatic heterocycles. The van der Waals surface area contributed by atoms with Crippen molar-refractivity contribution in [1.82, 2.24) is 5.32 Å². The lowest BCUT2D eigenvalue weighted by molar-refractivity contribution is -0.884. The van der Waals surface area contributed by atoms with E-state index >= 15 is 0 Å². The van der Waals surface area contributed by atoms with Gasteiger partial charge >= 0.3 is 0 Å². The van der Waals surface area contributed by atoms with E-state index in [0.717, 1.165) is 37.0 Å². The summed E-state index contributed by atoms with van der Waals surface area (Å²) in [4.78, 5) is 11.8. The zero-order valence-corrected chi connectivity index (χ0v) is 18.6. The minimum absolute atomic E-state index is 0. The van der Waals surface area contributed by atoms with Crippen molar-refractivity contribution in [2.75, 3.05) is 33.7 Å². The van der Waals surface area contributed by atoms with Gasteiger partial charge in [-0.25, -0.2) is 0 Å². The van der Waals surface area contributed by atoms with Crippen molar-refractivity contribution in [3.8, 4) is 0 Å². The van der Waals surface area contributed by atoms with E-state index in [1.54, 1.807) is 0 Å². The standard InChI is InChI=1S/C22H44N2O.ClH/c1-5-7-8-9-10-11-12-13-14-15-16-18-22(25)23-19-17-21-24(3,4)20-6-2;/h6H,2,5,7-21H2,1,3-4H3;1H. The number of likely N-dealkylation sites (N-methyl/N-ethyl adjacent to an activating group) is 1. The number of unbranched alkanes of at least 4 members (excludes halogenated alkanes) is 10. The van der Waals surface area contributed by atoms with E-state index in [1.165, 1.54) is 64.2 Å². The van der Waals surface area contributed by atoms with Gasteiger partial charge in [0.1, 0.15) is 0 Å². The van der Waals surface area contributed by atoms with Crippen LogP contribution >= 0.6 is 0 Å². The van der Waals surface area contributed by atoms with E-state index in [2.05, 4.69) is 32.9 Å². The molecule has 0 saturated heterocycles. The van der Waals surface area contributed by atoms with E-state index < -0.39 is 0 Å². The molecule has 0 aliphatic carbocycles. The molecule has 156 valence electrons. The van der Waals surface area contributed by atoms with Crippen LogP contribution in [-0.4, -0.2) is 44.1 Å². The Labute approximate surface area is 170 Å². The number of carbonyl (C=O) groups excluding carboxylic acids is 1. The maximum atomic E-state index is 11.8. The third kappa shape index (κ3) is 19.8. The fourth-order valence-corrected chi connectivity index (χ4v) is 3.21. The maximum absolute atomic E-state index is 11.8. The smallest absolute Gasteiger partial charge is 0.219 e. The first-order chi connectivity index (χ1) is 12.0. The summed E-state index contributed by atoms with van der Waals surface area (Å²) in [5, 5.41) is 3.06. The SMILES string of the molecule is C=CC[N+](C)(C)CCCNC(=O)CCCCCCCCCCCCC.[Cl-]. The number of nitrogens with one attached hydrogen (secondary N) is 1. The first-order valence-corrected chi connectivity index (χ1v) is 10.7. The third-order valence-electron chi connectivity index (χ3n) is 4.89. The van der Waals surface area contributed by atoms with Gasteiger partial charge in [0.2, 0.25) is 5.91 Å². The van der Waals surface area contributed by atoms with E-state index in [9.17, 15) is 4.79 Å². The van der Waals surface area contributed by atoms with Gasteiger partial charge in [-0.2, -0.15) is 0 Å². The molecule has 0 atom stereocenters. The second-order valence-electron chi connectivity index (χ2n) is 8.12. The number of nitrogens with zero attached hydrogens (tertiary/aromatic N) is 1. The first kappa shape index (κ1) is 27.7. The Kier molecular flexibility index (Phi) is 20.5.